The number of nitrogens with one attached hydrogen (secondary N) is 1. The third-order valence-corrected chi connectivity index (χ3v) is 5.54. The zero-order chi connectivity index (χ0) is 21.3. The molecule has 0 spiro atoms. The Balaban J connectivity index is 1.64. The zero-order valence-electron chi connectivity index (χ0n) is 16.7. The highest BCUT2D eigenvalue weighted by molar-refractivity contribution is 8.00. The normalized spacial score (nSPS) is 10.5. The smallest absolute Gasteiger partial charge is 0.258 e. The first-order chi connectivity index (χ1) is 14.5. The molecule has 0 saturated heterocycles. The van der Waals surface area contributed by atoms with Crippen LogP contribution in [0.1, 0.15) is 15.9 Å². The molecule has 0 aromatic heterocycles. The van der Waals surface area contributed by atoms with Crippen LogP contribution in [0.2, 0.25) is 0 Å². The Morgan fingerprint density at radius 2 is 1.60 bits per heavy atom. The highest BCUT2D eigenvalue weighted by Crippen LogP contribution is 2.20. The molecule has 6 heteroatoms. The van der Waals surface area contributed by atoms with Gasteiger partial charge in [0, 0.05) is 29.2 Å². The second-order valence-electron chi connectivity index (χ2n) is 6.70. The van der Waals surface area contributed by atoms with Gasteiger partial charge in [0.05, 0.1) is 5.75 Å². The number of anilines is 1. The first-order valence-corrected chi connectivity index (χ1v) is 10.6. The molecule has 0 fully saturated rings. The minimum atomic E-state index is -0.367. The van der Waals surface area contributed by atoms with E-state index in [0.29, 0.717) is 23.5 Å². The molecule has 0 saturated carbocycles. The third kappa shape index (κ3) is 5.94. The summed E-state index contributed by atoms with van der Waals surface area (Å²) >= 11 is 1.46. The molecule has 3 rings (SSSR count). The lowest BCUT2D eigenvalue weighted by molar-refractivity contribution is -0.118. The van der Waals surface area contributed by atoms with Crippen molar-refractivity contribution in [3.8, 4) is 0 Å². The maximum absolute atomic E-state index is 13.4. The van der Waals surface area contributed by atoms with Gasteiger partial charge in [0.1, 0.15) is 5.82 Å². The molecule has 2 amide bonds. The van der Waals surface area contributed by atoms with Crippen molar-refractivity contribution in [1.29, 1.82) is 0 Å². The summed E-state index contributed by atoms with van der Waals surface area (Å²) in [6.45, 7) is 2.45. The Kier molecular flexibility index (Phi) is 7.63. The van der Waals surface area contributed by atoms with Crippen LogP contribution in [0.3, 0.4) is 0 Å². The predicted octanol–water partition coefficient (Wildman–Crippen LogP) is 4.69. The van der Waals surface area contributed by atoms with Gasteiger partial charge in [-0.2, -0.15) is 0 Å². The molecule has 0 aliphatic rings. The van der Waals surface area contributed by atoms with Crippen molar-refractivity contribution < 1.29 is 14.0 Å². The molecule has 0 aliphatic carbocycles. The van der Waals surface area contributed by atoms with Gasteiger partial charge in [0.2, 0.25) is 5.91 Å². The van der Waals surface area contributed by atoms with Gasteiger partial charge in [0.25, 0.3) is 5.91 Å². The number of carbonyl (C=O) groups excluding carboxylic acids is 2. The van der Waals surface area contributed by atoms with E-state index in [2.05, 4.69) is 5.32 Å². The highest BCUT2D eigenvalue weighted by Gasteiger charge is 2.19. The van der Waals surface area contributed by atoms with E-state index >= 15 is 0 Å². The number of nitrogens with zero attached hydrogens (tertiary/aromatic N) is 1. The number of rotatable bonds is 8. The van der Waals surface area contributed by atoms with Crippen LogP contribution >= 0.6 is 11.8 Å². The minimum absolute atomic E-state index is 0.105. The lowest BCUT2D eigenvalue weighted by Crippen LogP contribution is -2.39. The van der Waals surface area contributed by atoms with E-state index in [0.717, 1.165) is 10.5 Å². The van der Waals surface area contributed by atoms with Crippen molar-refractivity contribution >= 4 is 29.3 Å². The molecule has 0 bridgehead atoms. The van der Waals surface area contributed by atoms with Gasteiger partial charge < -0.3 is 10.2 Å². The monoisotopic (exact) mass is 422 g/mol. The molecule has 3 aromatic carbocycles. The number of hydrogen-bond donors (Lipinski definition) is 1. The van der Waals surface area contributed by atoms with Crippen molar-refractivity contribution in [3.63, 3.8) is 0 Å². The predicted molar refractivity (Wildman–Crippen MR) is 119 cm³/mol. The summed E-state index contributed by atoms with van der Waals surface area (Å²) in [6, 6.07) is 22.8. The number of amides is 2. The molecule has 3 aromatic rings. The quantitative estimate of drug-likeness (QED) is 0.536. The van der Waals surface area contributed by atoms with E-state index in [-0.39, 0.29) is 24.2 Å². The fourth-order valence-corrected chi connectivity index (χ4v) is 3.70. The van der Waals surface area contributed by atoms with Crippen LogP contribution < -0.4 is 10.2 Å². The van der Waals surface area contributed by atoms with Gasteiger partial charge in [-0.15, -0.1) is 11.8 Å². The third-order valence-electron chi connectivity index (χ3n) is 4.53. The van der Waals surface area contributed by atoms with E-state index in [1.165, 1.54) is 23.9 Å². The van der Waals surface area contributed by atoms with Gasteiger partial charge in [0.15, 0.2) is 0 Å². The molecule has 1 N–H and O–H groups in total. The molecule has 0 heterocycles. The topological polar surface area (TPSA) is 49.4 Å². The standard InChI is InChI=1S/C24H23FN2O2S/c1-18-7-5-6-10-22(18)24(29)27(20-13-11-19(25)12-14-20)16-15-26-23(28)17-30-21-8-3-2-4-9-21/h2-14H,15-17H2,1H3,(H,26,28). The van der Waals surface area contributed by atoms with E-state index in [9.17, 15) is 14.0 Å². The maximum atomic E-state index is 13.4. The molecule has 4 nitrogen and oxygen atoms in total. The second-order valence-corrected chi connectivity index (χ2v) is 7.75. The SMILES string of the molecule is Cc1ccccc1C(=O)N(CCNC(=O)CSc1ccccc1)c1ccc(F)cc1. The molecular formula is C24H23FN2O2S. The van der Waals surface area contributed by atoms with Crippen LogP contribution in [-0.2, 0) is 4.79 Å². The molecule has 0 aliphatic heterocycles. The van der Waals surface area contributed by atoms with E-state index < -0.39 is 0 Å². The Bertz CT molecular complexity index is 994. The van der Waals surface area contributed by atoms with E-state index in [1.54, 1.807) is 23.1 Å². The lowest BCUT2D eigenvalue weighted by atomic mass is 10.1. The van der Waals surface area contributed by atoms with Crippen molar-refractivity contribution in [2.75, 3.05) is 23.7 Å². The summed E-state index contributed by atoms with van der Waals surface area (Å²) in [6.07, 6.45) is 0. The first kappa shape index (κ1) is 21.6. The molecule has 30 heavy (non-hydrogen) atoms. The van der Waals surface area contributed by atoms with Crippen LogP contribution in [0.5, 0.6) is 0 Å². The Morgan fingerprint density at radius 1 is 0.933 bits per heavy atom. The van der Waals surface area contributed by atoms with Gasteiger partial charge in [-0.1, -0.05) is 36.4 Å². The van der Waals surface area contributed by atoms with Crippen LogP contribution in [0.15, 0.2) is 83.8 Å². The number of hydrogen-bond acceptors (Lipinski definition) is 3. The van der Waals surface area contributed by atoms with Gasteiger partial charge in [-0.05, 0) is 55.0 Å². The first-order valence-electron chi connectivity index (χ1n) is 9.62. The van der Waals surface area contributed by atoms with Gasteiger partial charge >= 0.3 is 0 Å². The second kappa shape index (κ2) is 10.6. The summed E-state index contributed by atoms with van der Waals surface area (Å²) in [5.74, 6) is -0.362. The Morgan fingerprint density at radius 3 is 2.30 bits per heavy atom. The molecule has 0 unspecified atom stereocenters. The van der Waals surface area contributed by atoms with Crippen molar-refractivity contribution in [1.82, 2.24) is 5.32 Å². The fourth-order valence-electron chi connectivity index (χ4n) is 2.95. The zero-order valence-corrected chi connectivity index (χ0v) is 17.5. The maximum Gasteiger partial charge on any atom is 0.258 e. The number of carbonyl (C=O) groups is 2. The number of aryl methyl sites for hydroxylation is 1. The molecule has 154 valence electrons. The van der Waals surface area contributed by atoms with Crippen LogP contribution in [0.25, 0.3) is 0 Å². The van der Waals surface area contributed by atoms with Crippen molar-refractivity contribution in [2.24, 2.45) is 0 Å². The average molecular weight is 423 g/mol. The highest BCUT2D eigenvalue weighted by atomic mass is 32.2. The average Bonchev–Trinajstić information content (AvgIpc) is 2.77. The minimum Gasteiger partial charge on any atom is -0.354 e. The summed E-state index contributed by atoms with van der Waals surface area (Å²) in [5, 5.41) is 2.86. The largest absolute Gasteiger partial charge is 0.354 e. The van der Waals surface area contributed by atoms with Crippen LogP contribution in [-0.4, -0.2) is 30.7 Å². The molecule has 0 radical (unpaired) electrons. The summed E-state index contributed by atoms with van der Waals surface area (Å²) in [7, 11) is 0. The van der Waals surface area contributed by atoms with Crippen molar-refractivity contribution in [2.45, 2.75) is 11.8 Å². The van der Waals surface area contributed by atoms with E-state index in [1.807, 2.05) is 55.5 Å². The Labute approximate surface area is 180 Å². The summed E-state index contributed by atoms with van der Waals surface area (Å²) in [4.78, 5) is 27.9. The van der Waals surface area contributed by atoms with Crippen LogP contribution in [0.4, 0.5) is 10.1 Å². The van der Waals surface area contributed by atoms with E-state index in [4.69, 9.17) is 0 Å². The lowest BCUT2D eigenvalue weighted by Gasteiger charge is -2.24. The fraction of sp³-hybridized carbons (Fsp3) is 0.167. The Hall–Kier alpha value is -3.12. The summed E-state index contributed by atoms with van der Waals surface area (Å²) in [5.41, 5.74) is 2.02. The van der Waals surface area contributed by atoms with Gasteiger partial charge in [-0.25, -0.2) is 4.39 Å². The number of benzene rings is 3. The van der Waals surface area contributed by atoms with Gasteiger partial charge in [-0.3, -0.25) is 9.59 Å². The van der Waals surface area contributed by atoms with Crippen molar-refractivity contribution in [3.05, 3.63) is 95.8 Å². The summed E-state index contributed by atoms with van der Waals surface area (Å²) < 4.78 is 13.4. The number of halogens is 1. The molecule has 0 atom stereocenters. The number of thioether (sulfide) groups is 1. The van der Waals surface area contributed by atoms with Crippen LogP contribution in [0, 0.1) is 12.7 Å². The molecular weight excluding hydrogens is 399 g/mol.